The van der Waals surface area contributed by atoms with E-state index in [1.165, 1.54) is 0 Å². The quantitative estimate of drug-likeness (QED) is 0.646. The zero-order valence-electron chi connectivity index (χ0n) is 17.3. The van der Waals surface area contributed by atoms with E-state index in [1.54, 1.807) is 34.3 Å². The molecule has 1 aromatic heterocycles. The molecule has 1 aliphatic carbocycles. The van der Waals surface area contributed by atoms with Crippen molar-refractivity contribution in [3.63, 3.8) is 0 Å². The van der Waals surface area contributed by atoms with Crippen LogP contribution in [0.2, 0.25) is 0 Å². The van der Waals surface area contributed by atoms with Crippen LogP contribution in [0.15, 0.2) is 41.0 Å². The zero-order valence-corrected chi connectivity index (χ0v) is 17.3. The molecular formula is C23H26N2O6. The van der Waals surface area contributed by atoms with Crippen LogP contribution in [0.3, 0.4) is 0 Å². The van der Waals surface area contributed by atoms with E-state index in [0.29, 0.717) is 35.9 Å². The number of rotatable bonds is 8. The van der Waals surface area contributed by atoms with Gasteiger partial charge in [0, 0.05) is 24.8 Å². The summed E-state index contributed by atoms with van der Waals surface area (Å²) in [6.07, 6.45) is 5.39. The lowest BCUT2D eigenvalue weighted by Gasteiger charge is -2.29. The standard InChI is InChI=1S/C23H26N2O6/c26-22(24(12-18-3-1-9-28-18)13-19-4-2-10-29-19)14-25(17-6-7-17)23(27)16-5-8-20-21(11-16)31-15-30-20/h1,3,5,8-9,11,17,19H,2,4,6-7,10,12-15H2. The van der Waals surface area contributed by atoms with Crippen LogP contribution in [0.1, 0.15) is 41.8 Å². The number of amides is 2. The van der Waals surface area contributed by atoms with E-state index in [0.717, 1.165) is 32.3 Å². The highest BCUT2D eigenvalue weighted by Gasteiger charge is 2.36. The predicted octanol–water partition coefficient (Wildman–Crippen LogP) is 2.82. The van der Waals surface area contributed by atoms with Crippen LogP contribution in [0.25, 0.3) is 0 Å². The van der Waals surface area contributed by atoms with Gasteiger partial charge in [0.2, 0.25) is 12.7 Å². The molecule has 2 fully saturated rings. The minimum atomic E-state index is -0.163. The summed E-state index contributed by atoms with van der Waals surface area (Å²) in [4.78, 5) is 30.0. The first kappa shape index (κ1) is 19.9. The van der Waals surface area contributed by atoms with Crippen molar-refractivity contribution in [1.29, 1.82) is 0 Å². The van der Waals surface area contributed by atoms with Crippen molar-refractivity contribution in [1.82, 2.24) is 9.80 Å². The Morgan fingerprint density at radius 2 is 1.94 bits per heavy atom. The van der Waals surface area contributed by atoms with E-state index in [-0.39, 0.29) is 37.3 Å². The van der Waals surface area contributed by atoms with Crippen molar-refractivity contribution in [3.8, 4) is 11.5 Å². The van der Waals surface area contributed by atoms with Gasteiger partial charge < -0.3 is 28.4 Å². The number of furan rings is 1. The summed E-state index contributed by atoms with van der Waals surface area (Å²) < 4.78 is 21.9. The number of hydrogen-bond donors (Lipinski definition) is 0. The van der Waals surface area contributed by atoms with E-state index in [2.05, 4.69) is 0 Å². The summed E-state index contributed by atoms with van der Waals surface area (Å²) in [6, 6.07) is 8.91. The smallest absolute Gasteiger partial charge is 0.254 e. The average Bonchev–Trinajstić information content (AvgIpc) is 3.18. The minimum Gasteiger partial charge on any atom is -0.467 e. The molecule has 1 unspecified atom stereocenters. The maximum atomic E-state index is 13.3. The summed E-state index contributed by atoms with van der Waals surface area (Å²) in [5, 5.41) is 0. The number of ether oxygens (including phenoxy) is 3. The van der Waals surface area contributed by atoms with Crippen LogP contribution in [0.4, 0.5) is 0 Å². The molecule has 0 N–H and O–H groups in total. The molecule has 3 aliphatic rings. The monoisotopic (exact) mass is 426 g/mol. The van der Waals surface area contributed by atoms with Crippen molar-refractivity contribution in [2.75, 3.05) is 26.5 Å². The van der Waals surface area contributed by atoms with Crippen molar-refractivity contribution in [2.24, 2.45) is 0 Å². The normalized spacial score (nSPS) is 19.4. The summed E-state index contributed by atoms with van der Waals surface area (Å²) in [7, 11) is 0. The molecule has 8 heteroatoms. The van der Waals surface area contributed by atoms with Crippen molar-refractivity contribution >= 4 is 11.8 Å². The van der Waals surface area contributed by atoms with Gasteiger partial charge in [-0.05, 0) is 56.0 Å². The van der Waals surface area contributed by atoms with E-state index < -0.39 is 0 Å². The number of fused-ring (bicyclic) bond motifs is 1. The second-order valence-corrected chi connectivity index (χ2v) is 8.22. The zero-order chi connectivity index (χ0) is 21.2. The second-order valence-electron chi connectivity index (χ2n) is 8.22. The second kappa shape index (κ2) is 8.63. The third-order valence-electron chi connectivity index (χ3n) is 5.90. The van der Waals surface area contributed by atoms with Gasteiger partial charge in [-0.1, -0.05) is 0 Å². The fraction of sp³-hybridized carbons (Fsp3) is 0.478. The first-order valence-corrected chi connectivity index (χ1v) is 10.8. The topological polar surface area (TPSA) is 81.5 Å². The number of hydrogen-bond acceptors (Lipinski definition) is 6. The van der Waals surface area contributed by atoms with Crippen LogP contribution in [-0.2, 0) is 16.1 Å². The maximum absolute atomic E-state index is 13.3. The lowest BCUT2D eigenvalue weighted by atomic mass is 10.1. The van der Waals surface area contributed by atoms with Crippen LogP contribution in [-0.4, -0.2) is 60.2 Å². The molecule has 164 valence electrons. The molecule has 2 aromatic rings. The van der Waals surface area contributed by atoms with Gasteiger partial charge in [-0.25, -0.2) is 0 Å². The fourth-order valence-corrected chi connectivity index (χ4v) is 4.07. The average molecular weight is 426 g/mol. The SMILES string of the molecule is O=C(CN(C(=O)c1ccc2c(c1)OCO2)C1CC1)N(Cc1ccco1)CC1CCCO1. The van der Waals surface area contributed by atoms with Crippen molar-refractivity contribution < 1.29 is 28.2 Å². The summed E-state index contributed by atoms with van der Waals surface area (Å²) >= 11 is 0. The Kier molecular flexibility index (Phi) is 5.55. The third kappa shape index (κ3) is 4.54. The van der Waals surface area contributed by atoms with E-state index in [1.807, 2.05) is 12.1 Å². The van der Waals surface area contributed by atoms with Gasteiger partial charge in [-0.3, -0.25) is 9.59 Å². The highest BCUT2D eigenvalue weighted by atomic mass is 16.7. The molecule has 1 atom stereocenters. The number of nitrogens with zero attached hydrogens (tertiary/aromatic N) is 2. The summed E-state index contributed by atoms with van der Waals surface area (Å²) in [5.74, 6) is 1.64. The summed E-state index contributed by atoms with van der Waals surface area (Å²) in [5.41, 5.74) is 0.501. The number of carbonyl (C=O) groups is 2. The maximum Gasteiger partial charge on any atom is 0.254 e. The van der Waals surface area contributed by atoms with Crippen LogP contribution in [0.5, 0.6) is 11.5 Å². The third-order valence-corrected chi connectivity index (χ3v) is 5.90. The van der Waals surface area contributed by atoms with Gasteiger partial charge in [0.05, 0.1) is 18.9 Å². The number of carbonyl (C=O) groups excluding carboxylic acids is 2. The molecule has 0 radical (unpaired) electrons. The molecule has 5 rings (SSSR count). The Morgan fingerprint density at radius 1 is 1.06 bits per heavy atom. The molecule has 2 aliphatic heterocycles. The molecule has 31 heavy (non-hydrogen) atoms. The Hall–Kier alpha value is -3.00. The lowest BCUT2D eigenvalue weighted by Crippen LogP contribution is -2.45. The van der Waals surface area contributed by atoms with Crippen LogP contribution >= 0.6 is 0 Å². The Bertz CT molecular complexity index is 934. The van der Waals surface area contributed by atoms with E-state index in [4.69, 9.17) is 18.6 Å². The van der Waals surface area contributed by atoms with Crippen LogP contribution in [0, 0.1) is 0 Å². The molecule has 2 amide bonds. The molecule has 1 saturated carbocycles. The van der Waals surface area contributed by atoms with Gasteiger partial charge in [0.25, 0.3) is 5.91 Å². The lowest BCUT2D eigenvalue weighted by molar-refractivity contribution is -0.134. The fourth-order valence-electron chi connectivity index (χ4n) is 4.07. The van der Waals surface area contributed by atoms with E-state index in [9.17, 15) is 9.59 Å². The van der Waals surface area contributed by atoms with Crippen LogP contribution < -0.4 is 9.47 Å². The first-order valence-electron chi connectivity index (χ1n) is 10.8. The Balaban J connectivity index is 1.31. The Morgan fingerprint density at radius 3 is 2.68 bits per heavy atom. The van der Waals surface area contributed by atoms with Crippen molar-refractivity contribution in [3.05, 3.63) is 47.9 Å². The van der Waals surface area contributed by atoms with Gasteiger partial charge in [0.15, 0.2) is 11.5 Å². The molecule has 1 aromatic carbocycles. The highest BCUT2D eigenvalue weighted by molar-refractivity contribution is 5.97. The largest absolute Gasteiger partial charge is 0.467 e. The van der Waals surface area contributed by atoms with E-state index >= 15 is 0 Å². The predicted molar refractivity (Wildman–Crippen MR) is 110 cm³/mol. The molecule has 0 bridgehead atoms. The molecule has 1 saturated heterocycles. The number of benzene rings is 1. The van der Waals surface area contributed by atoms with Gasteiger partial charge >= 0.3 is 0 Å². The molecule has 0 spiro atoms. The van der Waals surface area contributed by atoms with Gasteiger partial charge in [-0.2, -0.15) is 0 Å². The highest BCUT2D eigenvalue weighted by Crippen LogP contribution is 2.34. The Labute approximate surface area is 180 Å². The molecule has 8 nitrogen and oxygen atoms in total. The van der Waals surface area contributed by atoms with Gasteiger partial charge in [0.1, 0.15) is 12.3 Å². The molecule has 3 heterocycles. The van der Waals surface area contributed by atoms with Gasteiger partial charge in [-0.15, -0.1) is 0 Å². The summed E-state index contributed by atoms with van der Waals surface area (Å²) in [6.45, 7) is 1.77. The minimum absolute atomic E-state index is 0.0258. The molecular weight excluding hydrogens is 400 g/mol. The van der Waals surface area contributed by atoms with Crippen molar-refractivity contribution in [2.45, 2.75) is 44.4 Å². The first-order chi connectivity index (χ1) is 15.2.